The summed E-state index contributed by atoms with van der Waals surface area (Å²) < 4.78 is 34.0. The molecule has 0 radical (unpaired) electrons. The molecule has 0 aliphatic carbocycles. The minimum atomic E-state index is -3.44. The van der Waals surface area contributed by atoms with Crippen LogP contribution in [-0.2, 0) is 25.3 Å². The Morgan fingerprint density at radius 3 is 2.77 bits per heavy atom. The zero-order valence-corrected chi connectivity index (χ0v) is 16.5. The molecule has 0 bridgehead atoms. The van der Waals surface area contributed by atoms with E-state index >= 15 is 0 Å². The number of likely N-dealkylation sites (N-methyl/N-ethyl adjacent to an activating group) is 1. The highest BCUT2D eigenvalue weighted by Crippen LogP contribution is 2.28. The van der Waals surface area contributed by atoms with Crippen molar-refractivity contribution < 1.29 is 27.2 Å². The molecule has 0 spiro atoms. The second-order valence-corrected chi connectivity index (χ2v) is 9.28. The zero-order chi connectivity index (χ0) is 19.3. The molecule has 0 unspecified atom stereocenters. The van der Waals surface area contributed by atoms with Crippen LogP contribution in [0.15, 0.2) is 20.9 Å². The lowest BCUT2D eigenvalue weighted by atomic mass is 10.4. The second kappa shape index (κ2) is 8.62. The largest absolute Gasteiger partial charge is 0.463 e. The predicted molar refractivity (Wildman–Crippen MR) is 95.6 cm³/mol. The number of esters is 1. The molecule has 0 aromatic carbocycles. The van der Waals surface area contributed by atoms with Gasteiger partial charge in [0.2, 0.25) is 26.8 Å². The molecular weight excluding hydrogens is 404 g/mol. The summed E-state index contributed by atoms with van der Waals surface area (Å²) >= 11 is 2.45. The molecule has 2 aromatic rings. The highest BCUT2D eigenvalue weighted by molar-refractivity contribution is 8.00. The van der Waals surface area contributed by atoms with E-state index in [-0.39, 0.29) is 17.4 Å². The van der Waals surface area contributed by atoms with Crippen molar-refractivity contribution in [3.63, 3.8) is 0 Å². The van der Waals surface area contributed by atoms with Gasteiger partial charge in [0, 0.05) is 7.05 Å². The predicted octanol–water partition coefficient (Wildman–Crippen LogP) is 1.04. The Morgan fingerprint density at radius 2 is 2.12 bits per heavy atom. The van der Waals surface area contributed by atoms with Gasteiger partial charge in [-0.2, -0.15) is 4.31 Å². The fourth-order valence-corrected chi connectivity index (χ4v) is 3.61. The molecule has 2 aromatic heterocycles. The van der Waals surface area contributed by atoms with Crippen LogP contribution < -0.4 is 5.32 Å². The van der Waals surface area contributed by atoms with Gasteiger partial charge < -0.3 is 9.15 Å². The van der Waals surface area contributed by atoms with Crippen molar-refractivity contribution in [2.75, 3.05) is 32.3 Å². The fourth-order valence-electron chi connectivity index (χ4n) is 1.60. The first-order chi connectivity index (χ1) is 12.2. The van der Waals surface area contributed by atoms with Gasteiger partial charge in [0.25, 0.3) is 0 Å². The first-order valence-electron chi connectivity index (χ1n) is 7.03. The Kier molecular flexibility index (Phi) is 6.75. The Morgan fingerprint density at radius 1 is 1.38 bits per heavy atom. The molecule has 0 fully saturated rings. The summed E-state index contributed by atoms with van der Waals surface area (Å²) in [6.07, 6.45) is 1.01. The van der Waals surface area contributed by atoms with E-state index < -0.39 is 21.9 Å². The number of methoxy groups -OCH3 is 1. The Bertz CT molecular complexity index is 891. The molecule has 1 N–H and O–H groups in total. The third-order valence-electron chi connectivity index (χ3n) is 2.97. The molecule has 10 nitrogen and oxygen atoms in total. The monoisotopic (exact) mass is 420 g/mol. The Hall–Kier alpha value is -1.96. The van der Waals surface area contributed by atoms with Gasteiger partial charge in [-0.25, -0.2) is 13.2 Å². The molecule has 2 heterocycles. The van der Waals surface area contributed by atoms with Crippen molar-refractivity contribution in [2.24, 2.45) is 0 Å². The topological polar surface area (TPSA) is 132 Å². The number of amides is 1. The smallest absolute Gasteiger partial charge is 0.373 e. The van der Waals surface area contributed by atoms with E-state index in [1.165, 1.54) is 32.0 Å². The van der Waals surface area contributed by atoms with Crippen LogP contribution in [0.3, 0.4) is 0 Å². The van der Waals surface area contributed by atoms with Gasteiger partial charge in [0.15, 0.2) is 4.34 Å². The van der Waals surface area contributed by atoms with Crippen LogP contribution in [0.5, 0.6) is 0 Å². The molecule has 0 atom stereocenters. The number of ether oxygens (including phenoxy) is 1. The molecule has 142 valence electrons. The molecule has 1 amide bonds. The van der Waals surface area contributed by atoms with E-state index in [9.17, 15) is 18.0 Å². The normalized spacial score (nSPS) is 11.5. The maximum atomic E-state index is 11.8. The molecule has 2 rings (SSSR count). The lowest BCUT2D eigenvalue weighted by Gasteiger charge is -2.12. The van der Waals surface area contributed by atoms with Gasteiger partial charge in [-0.05, 0) is 12.1 Å². The molecule has 0 saturated heterocycles. The number of aromatic nitrogens is 2. The second-order valence-electron chi connectivity index (χ2n) is 4.99. The highest BCUT2D eigenvalue weighted by Gasteiger charge is 2.17. The van der Waals surface area contributed by atoms with Crippen LogP contribution in [0.4, 0.5) is 5.13 Å². The summed E-state index contributed by atoms with van der Waals surface area (Å²) in [6, 6.07) is 3.18. The van der Waals surface area contributed by atoms with Crippen LogP contribution >= 0.6 is 23.1 Å². The van der Waals surface area contributed by atoms with Crippen molar-refractivity contribution in [2.45, 2.75) is 10.1 Å². The van der Waals surface area contributed by atoms with E-state index in [1.807, 2.05) is 0 Å². The molecule has 26 heavy (non-hydrogen) atoms. The SMILES string of the molecule is COC(=O)c1ccc(CSc2nnc(NC(=O)CN(C)S(C)(=O)=O)s2)o1. The maximum absolute atomic E-state index is 11.8. The van der Waals surface area contributed by atoms with Crippen LogP contribution in [0, 0.1) is 0 Å². The number of hydrogen-bond donors (Lipinski definition) is 1. The van der Waals surface area contributed by atoms with Crippen LogP contribution in [0.2, 0.25) is 0 Å². The number of furan rings is 1. The fraction of sp³-hybridized carbons (Fsp3) is 0.385. The van der Waals surface area contributed by atoms with Gasteiger partial charge in [0.05, 0.1) is 25.7 Å². The van der Waals surface area contributed by atoms with Crippen molar-refractivity contribution in [1.29, 1.82) is 0 Å². The van der Waals surface area contributed by atoms with Gasteiger partial charge in [0.1, 0.15) is 5.76 Å². The van der Waals surface area contributed by atoms with Crippen LogP contribution in [0.1, 0.15) is 16.3 Å². The summed E-state index contributed by atoms with van der Waals surface area (Å²) in [6.45, 7) is -0.316. The van der Waals surface area contributed by atoms with Crippen LogP contribution in [0.25, 0.3) is 0 Å². The van der Waals surface area contributed by atoms with Crippen molar-refractivity contribution in [1.82, 2.24) is 14.5 Å². The summed E-state index contributed by atoms with van der Waals surface area (Å²) in [5, 5.41) is 10.5. The van der Waals surface area contributed by atoms with Crippen molar-refractivity contribution in [3.8, 4) is 0 Å². The summed E-state index contributed by atoms with van der Waals surface area (Å²) in [5.74, 6) is 0.0195. The zero-order valence-electron chi connectivity index (χ0n) is 14.1. The summed E-state index contributed by atoms with van der Waals surface area (Å²) in [7, 11) is -0.862. The first kappa shape index (κ1) is 20.4. The lowest BCUT2D eigenvalue weighted by molar-refractivity contribution is -0.116. The molecule has 0 saturated carbocycles. The number of sulfonamides is 1. The average Bonchev–Trinajstić information content (AvgIpc) is 3.20. The number of anilines is 1. The standard InChI is InChI=1S/C13H16N4O6S3/c1-17(26(3,20)21)6-10(18)14-12-15-16-13(25-12)24-7-8-4-5-9(23-8)11(19)22-2/h4-5H,6-7H2,1-3H3,(H,14,15,18). The van der Waals surface area contributed by atoms with E-state index in [0.29, 0.717) is 15.9 Å². The molecule has 0 aliphatic heterocycles. The lowest BCUT2D eigenvalue weighted by Crippen LogP contribution is -2.34. The number of hydrogen-bond acceptors (Lipinski definition) is 10. The van der Waals surface area contributed by atoms with E-state index in [4.69, 9.17) is 4.42 Å². The van der Waals surface area contributed by atoms with Gasteiger partial charge >= 0.3 is 5.97 Å². The van der Waals surface area contributed by atoms with Gasteiger partial charge in [-0.1, -0.05) is 23.1 Å². The highest BCUT2D eigenvalue weighted by atomic mass is 32.2. The number of nitrogens with one attached hydrogen (secondary N) is 1. The van der Waals surface area contributed by atoms with E-state index in [1.54, 1.807) is 6.07 Å². The molecular formula is C13H16N4O6S3. The quantitative estimate of drug-likeness (QED) is 0.378. The third kappa shape index (κ3) is 5.79. The Balaban J connectivity index is 1.86. The average molecular weight is 420 g/mol. The van der Waals surface area contributed by atoms with Gasteiger partial charge in [-0.3, -0.25) is 10.1 Å². The summed E-state index contributed by atoms with van der Waals surface area (Å²) in [5.41, 5.74) is 0. The van der Waals surface area contributed by atoms with Crippen molar-refractivity contribution in [3.05, 3.63) is 23.7 Å². The maximum Gasteiger partial charge on any atom is 0.373 e. The minimum Gasteiger partial charge on any atom is -0.463 e. The number of thioether (sulfide) groups is 1. The Labute approximate surface area is 158 Å². The minimum absolute atomic E-state index is 0.114. The van der Waals surface area contributed by atoms with E-state index in [0.717, 1.165) is 21.9 Å². The molecule has 13 heteroatoms. The third-order valence-corrected chi connectivity index (χ3v) is 6.23. The van der Waals surface area contributed by atoms with Crippen LogP contribution in [-0.4, -0.2) is 61.8 Å². The number of rotatable bonds is 8. The number of nitrogens with zero attached hydrogens (tertiary/aromatic N) is 3. The van der Waals surface area contributed by atoms with Crippen molar-refractivity contribution >= 4 is 50.1 Å². The van der Waals surface area contributed by atoms with E-state index in [2.05, 4.69) is 20.3 Å². The molecule has 0 aliphatic rings. The summed E-state index contributed by atoms with van der Waals surface area (Å²) in [4.78, 5) is 23.1. The first-order valence-corrected chi connectivity index (χ1v) is 10.7. The number of carbonyl (C=O) groups excluding carboxylic acids is 2. The number of carbonyl (C=O) groups is 2. The van der Waals surface area contributed by atoms with Gasteiger partial charge in [-0.15, -0.1) is 10.2 Å².